The van der Waals surface area contributed by atoms with E-state index in [2.05, 4.69) is 9.97 Å². The van der Waals surface area contributed by atoms with Crippen molar-refractivity contribution in [3.05, 3.63) is 144 Å². The molecule has 0 aliphatic carbocycles. The third-order valence-corrected chi connectivity index (χ3v) is 4.37. The monoisotopic (exact) mass is 540 g/mol. The Hall–Kier alpha value is -5.90. The lowest BCUT2D eigenvalue weighted by Crippen LogP contribution is -2.10. The van der Waals surface area contributed by atoms with Gasteiger partial charge < -0.3 is 21.7 Å². The Balaban J connectivity index is 0.000000268. The fourth-order valence-corrected chi connectivity index (χ4v) is 2.50. The number of hydrogen-bond acceptors (Lipinski definition) is 6. The Morgan fingerprint density at radius 2 is 0.825 bits per heavy atom. The van der Waals surface area contributed by atoms with Crippen molar-refractivity contribution in [2.75, 3.05) is 0 Å². The molecule has 2 amide bonds. The second-order valence-electron chi connectivity index (χ2n) is 7.36. The summed E-state index contributed by atoms with van der Waals surface area (Å²) in [5.41, 5.74) is 12.7. The summed E-state index contributed by atoms with van der Waals surface area (Å²) in [4.78, 5) is 48.4. The first-order valence-electron chi connectivity index (χ1n) is 11.5. The number of benzene rings is 2. The van der Waals surface area contributed by atoms with Crippen molar-refractivity contribution in [1.29, 1.82) is 0 Å². The number of rotatable bonds is 6. The molecule has 0 atom stereocenters. The van der Waals surface area contributed by atoms with E-state index >= 15 is 0 Å². The molecular weight excluding hydrogens is 512 g/mol. The van der Waals surface area contributed by atoms with Crippen LogP contribution in [0.2, 0.25) is 0 Å². The van der Waals surface area contributed by atoms with Gasteiger partial charge in [0.2, 0.25) is 11.8 Å². The number of pyridine rings is 2. The zero-order valence-electron chi connectivity index (χ0n) is 21.3. The van der Waals surface area contributed by atoms with Crippen molar-refractivity contribution in [2.24, 2.45) is 11.5 Å². The highest BCUT2D eigenvalue weighted by atomic mass is 16.4. The minimum absolute atomic E-state index is 0.419. The number of nitrogens with zero attached hydrogens (tertiary/aromatic N) is 2. The highest BCUT2D eigenvalue weighted by Crippen LogP contribution is 2.01. The molecule has 6 N–H and O–H groups in total. The maximum Gasteiger partial charge on any atom is 0.328 e. The van der Waals surface area contributed by atoms with Crippen molar-refractivity contribution in [3.8, 4) is 0 Å². The van der Waals surface area contributed by atoms with Gasteiger partial charge >= 0.3 is 11.9 Å². The molecule has 0 unspecified atom stereocenters. The van der Waals surface area contributed by atoms with Gasteiger partial charge in [0.1, 0.15) is 0 Å². The Kier molecular flexibility index (Phi) is 15.5. The number of carbonyl (C=O) groups excluding carboxylic acids is 2. The largest absolute Gasteiger partial charge is 0.478 e. The molecule has 0 saturated carbocycles. The van der Waals surface area contributed by atoms with E-state index in [1.807, 2.05) is 60.7 Å². The van der Waals surface area contributed by atoms with E-state index < -0.39 is 23.8 Å². The van der Waals surface area contributed by atoms with Crippen LogP contribution < -0.4 is 11.5 Å². The first-order chi connectivity index (χ1) is 19.2. The third kappa shape index (κ3) is 16.0. The highest BCUT2D eigenvalue weighted by Gasteiger charge is 1.95. The van der Waals surface area contributed by atoms with Gasteiger partial charge in [-0.05, 0) is 47.5 Å². The van der Waals surface area contributed by atoms with Crippen LogP contribution in [0.15, 0.2) is 122 Å². The normalized spacial score (nSPS) is 9.60. The average Bonchev–Trinajstić information content (AvgIpc) is 2.98. The predicted octanol–water partition coefficient (Wildman–Crippen LogP) is 3.93. The van der Waals surface area contributed by atoms with Crippen LogP contribution >= 0.6 is 0 Å². The number of amides is 2. The van der Waals surface area contributed by atoms with Gasteiger partial charge in [0.15, 0.2) is 0 Å². The number of aromatic nitrogens is 2. The maximum absolute atomic E-state index is 10.4. The summed E-state index contributed by atoms with van der Waals surface area (Å²) in [5, 5.41) is 16.6. The molecule has 0 fully saturated rings. The molecular formula is C30H28N4O6. The van der Waals surface area contributed by atoms with Crippen molar-refractivity contribution >= 4 is 35.9 Å². The van der Waals surface area contributed by atoms with Crippen LogP contribution in [-0.2, 0) is 9.59 Å². The van der Waals surface area contributed by atoms with E-state index in [1.54, 1.807) is 36.4 Å². The summed E-state index contributed by atoms with van der Waals surface area (Å²) in [5.74, 6) is -2.68. The lowest BCUT2D eigenvalue weighted by atomic mass is 10.2. The number of hydrogen-bond donors (Lipinski definition) is 4. The molecule has 0 saturated heterocycles. The Labute approximate surface area is 231 Å². The van der Waals surface area contributed by atoms with Crippen LogP contribution in [0.3, 0.4) is 0 Å². The maximum atomic E-state index is 10.4. The number of carbonyl (C=O) groups is 4. The van der Waals surface area contributed by atoms with E-state index in [0.29, 0.717) is 11.1 Å². The zero-order valence-corrected chi connectivity index (χ0v) is 21.3. The van der Waals surface area contributed by atoms with E-state index in [0.717, 1.165) is 23.3 Å². The molecule has 204 valence electrons. The van der Waals surface area contributed by atoms with Crippen molar-refractivity contribution < 1.29 is 29.4 Å². The van der Waals surface area contributed by atoms with Crippen LogP contribution in [0.4, 0.5) is 0 Å². The van der Waals surface area contributed by atoms with E-state index in [4.69, 9.17) is 21.7 Å². The van der Waals surface area contributed by atoms with Gasteiger partial charge in [-0.3, -0.25) is 19.6 Å². The minimum Gasteiger partial charge on any atom is -0.478 e. The third-order valence-electron chi connectivity index (χ3n) is 4.37. The minimum atomic E-state index is -0.922. The summed E-state index contributed by atoms with van der Waals surface area (Å²) in [6, 6.07) is 24.9. The number of nitrogens with two attached hydrogens (primary N) is 2. The molecule has 0 spiro atoms. The van der Waals surface area contributed by atoms with Crippen LogP contribution in [0.25, 0.3) is 12.2 Å². The number of primary amides is 2. The SMILES string of the molecule is NC(=O)c1ccncc1.NC(=O)c1ccncc1.O=C(O)/C=C/c1ccccc1.O=C(O)/C=C/c1ccccc1. The summed E-state index contributed by atoms with van der Waals surface area (Å²) in [6.45, 7) is 0. The lowest BCUT2D eigenvalue weighted by Gasteiger charge is -1.88. The van der Waals surface area contributed by atoms with E-state index in [1.165, 1.54) is 24.8 Å². The van der Waals surface area contributed by atoms with Gasteiger partial charge in [-0.25, -0.2) is 9.59 Å². The quantitative estimate of drug-likeness (QED) is 0.265. The second-order valence-corrected chi connectivity index (χ2v) is 7.36. The molecule has 4 rings (SSSR count). The first-order valence-corrected chi connectivity index (χ1v) is 11.5. The molecule has 10 heteroatoms. The molecule has 0 bridgehead atoms. The Bertz CT molecular complexity index is 1270. The van der Waals surface area contributed by atoms with E-state index in [9.17, 15) is 19.2 Å². The molecule has 2 aromatic heterocycles. The zero-order chi connectivity index (χ0) is 29.6. The van der Waals surface area contributed by atoms with Crippen molar-refractivity contribution in [3.63, 3.8) is 0 Å². The molecule has 2 aromatic carbocycles. The average molecular weight is 541 g/mol. The number of carboxylic acid groups (broad SMARTS) is 2. The fourth-order valence-electron chi connectivity index (χ4n) is 2.50. The molecule has 4 aromatic rings. The van der Waals surface area contributed by atoms with Gasteiger partial charge in [-0.2, -0.15) is 0 Å². The second kappa shape index (κ2) is 19.2. The van der Waals surface area contributed by atoms with Gasteiger partial charge in [-0.1, -0.05) is 60.7 Å². The molecule has 0 radical (unpaired) electrons. The van der Waals surface area contributed by atoms with Crippen LogP contribution in [-0.4, -0.2) is 43.9 Å². The van der Waals surface area contributed by atoms with Gasteiger partial charge in [0.25, 0.3) is 0 Å². The number of carboxylic acids is 2. The fraction of sp³-hybridized carbons (Fsp3) is 0. The van der Waals surface area contributed by atoms with Gasteiger partial charge in [0, 0.05) is 48.1 Å². The topological polar surface area (TPSA) is 187 Å². The van der Waals surface area contributed by atoms with Crippen molar-refractivity contribution in [2.45, 2.75) is 0 Å². The van der Waals surface area contributed by atoms with Crippen LogP contribution in [0, 0.1) is 0 Å². The Morgan fingerprint density at radius 1 is 0.525 bits per heavy atom. The van der Waals surface area contributed by atoms with E-state index in [-0.39, 0.29) is 0 Å². The molecule has 0 aliphatic rings. The van der Waals surface area contributed by atoms with Crippen LogP contribution in [0.1, 0.15) is 31.8 Å². The van der Waals surface area contributed by atoms with Gasteiger partial charge in [-0.15, -0.1) is 0 Å². The lowest BCUT2D eigenvalue weighted by molar-refractivity contribution is -0.132. The molecule has 10 nitrogen and oxygen atoms in total. The number of aliphatic carboxylic acids is 2. The summed E-state index contributed by atoms with van der Waals surface area (Å²) in [7, 11) is 0. The first kappa shape index (κ1) is 32.1. The smallest absolute Gasteiger partial charge is 0.328 e. The summed E-state index contributed by atoms with van der Waals surface area (Å²) in [6.07, 6.45) is 11.5. The standard InChI is InChI=1S/2C9H8O2.2C6H6N2O/c2*10-9(11)7-6-8-4-2-1-3-5-8;2*7-6(9)5-1-3-8-4-2-5/h2*1-7H,(H,10,11);2*1-4H,(H2,7,9)/b2*7-6+;;. The van der Waals surface area contributed by atoms with Gasteiger partial charge in [0.05, 0.1) is 0 Å². The molecule has 2 heterocycles. The highest BCUT2D eigenvalue weighted by molar-refractivity contribution is 5.93. The molecule has 0 aliphatic heterocycles. The van der Waals surface area contributed by atoms with Crippen LogP contribution in [0.5, 0.6) is 0 Å². The predicted molar refractivity (Wildman–Crippen MR) is 152 cm³/mol. The molecule has 40 heavy (non-hydrogen) atoms. The Morgan fingerprint density at radius 3 is 1.05 bits per heavy atom. The van der Waals surface area contributed by atoms with Crippen molar-refractivity contribution in [1.82, 2.24) is 9.97 Å². The summed E-state index contributed by atoms with van der Waals surface area (Å²) >= 11 is 0. The summed E-state index contributed by atoms with van der Waals surface area (Å²) < 4.78 is 0.